The average Bonchev–Trinajstić information content (AvgIpc) is 2.39. The van der Waals surface area contributed by atoms with Crippen molar-refractivity contribution in [1.82, 2.24) is 0 Å². The molecule has 1 aliphatic rings. The summed E-state index contributed by atoms with van der Waals surface area (Å²) in [5, 5.41) is 3.18. The quantitative estimate of drug-likeness (QED) is 0.867. The van der Waals surface area contributed by atoms with Gasteiger partial charge in [-0.05, 0) is 28.0 Å². The summed E-state index contributed by atoms with van der Waals surface area (Å²) in [5.41, 5.74) is 8.09. The third-order valence-electron chi connectivity index (χ3n) is 2.84. The Morgan fingerprint density at radius 1 is 1.06 bits per heavy atom. The zero-order valence-corrected chi connectivity index (χ0v) is 12.2. The first-order chi connectivity index (χ1) is 8.33. The van der Waals surface area contributed by atoms with E-state index in [0.717, 1.165) is 5.75 Å². The van der Waals surface area contributed by atoms with Gasteiger partial charge in [0.05, 0.1) is 0 Å². The third-order valence-corrected chi connectivity index (χ3v) is 3.70. The van der Waals surface area contributed by atoms with Crippen molar-refractivity contribution < 1.29 is 0 Å². The van der Waals surface area contributed by atoms with Crippen LogP contribution in [0.5, 0.6) is 0 Å². The molecule has 0 aliphatic carbocycles. The monoisotopic (exact) mass is 320 g/mol. The van der Waals surface area contributed by atoms with Gasteiger partial charge < -0.3 is 5.73 Å². The van der Waals surface area contributed by atoms with Crippen LogP contribution in [0.1, 0.15) is 5.56 Å². The highest BCUT2D eigenvalue weighted by molar-refractivity contribution is 8.93. The highest BCUT2D eigenvalue weighted by Crippen LogP contribution is 2.26. The Bertz CT molecular complexity index is 634. The fourth-order valence-electron chi connectivity index (χ4n) is 1.91. The molecule has 2 nitrogen and oxygen atoms in total. The van der Waals surface area contributed by atoms with Gasteiger partial charge in [0.15, 0.2) is 5.17 Å². The predicted molar refractivity (Wildman–Crippen MR) is 86.3 cm³/mol. The number of halogens is 1. The minimum Gasteiger partial charge on any atom is -0.378 e. The number of rotatable bonds is 1. The lowest BCUT2D eigenvalue weighted by Crippen LogP contribution is -2.10. The zero-order valence-electron chi connectivity index (χ0n) is 9.67. The number of fused-ring (bicyclic) bond motifs is 1. The number of benzene rings is 2. The molecule has 0 aromatic heterocycles. The summed E-state index contributed by atoms with van der Waals surface area (Å²) >= 11 is 1.59. The smallest absolute Gasteiger partial charge is 0.158 e. The highest BCUT2D eigenvalue weighted by Gasteiger charge is 2.08. The van der Waals surface area contributed by atoms with E-state index >= 15 is 0 Å². The van der Waals surface area contributed by atoms with Crippen molar-refractivity contribution in [1.29, 1.82) is 0 Å². The zero-order chi connectivity index (χ0) is 11.7. The standard InChI is InChI=1S/C14H12N2S.BrH/c15-14-16-8-13(9-17-14)12-6-5-10-3-1-2-4-11(10)7-12;/h1-8H,9H2,(H2,15,16);1H. The molecule has 4 heteroatoms. The molecule has 92 valence electrons. The van der Waals surface area contributed by atoms with Crippen LogP contribution in [0.4, 0.5) is 0 Å². The van der Waals surface area contributed by atoms with Crippen LogP contribution in [-0.2, 0) is 0 Å². The fraction of sp³-hybridized carbons (Fsp3) is 0.0714. The van der Waals surface area contributed by atoms with Gasteiger partial charge in [0, 0.05) is 12.0 Å². The maximum absolute atomic E-state index is 5.63. The summed E-state index contributed by atoms with van der Waals surface area (Å²) in [4.78, 5) is 4.16. The van der Waals surface area contributed by atoms with Crippen LogP contribution >= 0.6 is 28.7 Å². The van der Waals surface area contributed by atoms with Gasteiger partial charge in [-0.1, -0.05) is 48.2 Å². The van der Waals surface area contributed by atoms with Gasteiger partial charge in [-0.15, -0.1) is 17.0 Å². The van der Waals surface area contributed by atoms with Crippen LogP contribution in [0.2, 0.25) is 0 Å². The number of thioether (sulfide) groups is 1. The number of nitrogens with two attached hydrogens (primary N) is 1. The maximum atomic E-state index is 5.63. The predicted octanol–water partition coefficient (Wildman–Crippen LogP) is 3.82. The van der Waals surface area contributed by atoms with Gasteiger partial charge in [0.1, 0.15) is 0 Å². The molecular formula is C14H13BrN2S. The van der Waals surface area contributed by atoms with E-state index in [4.69, 9.17) is 5.73 Å². The number of hydrogen-bond acceptors (Lipinski definition) is 3. The molecule has 0 bridgehead atoms. The van der Waals surface area contributed by atoms with E-state index in [9.17, 15) is 0 Å². The van der Waals surface area contributed by atoms with Crippen LogP contribution in [0, 0.1) is 0 Å². The molecule has 3 rings (SSSR count). The first-order valence-electron chi connectivity index (χ1n) is 5.47. The van der Waals surface area contributed by atoms with Crippen molar-refractivity contribution in [2.24, 2.45) is 10.7 Å². The number of hydrogen-bond donors (Lipinski definition) is 1. The second-order valence-electron chi connectivity index (χ2n) is 3.97. The maximum Gasteiger partial charge on any atom is 0.158 e. The Morgan fingerprint density at radius 2 is 1.83 bits per heavy atom. The van der Waals surface area contributed by atoms with Gasteiger partial charge in [-0.2, -0.15) is 0 Å². The van der Waals surface area contributed by atoms with E-state index in [-0.39, 0.29) is 17.0 Å². The van der Waals surface area contributed by atoms with Crippen molar-refractivity contribution in [3.05, 3.63) is 54.2 Å². The Hall–Kier alpha value is -1.26. The van der Waals surface area contributed by atoms with E-state index in [1.807, 2.05) is 6.20 Å². The number of nitrogens with zero attached hydrogens (tertiary/aromatic N) is 1. The lowest BCUT2D eigenvalue weighted by atomic mass is 10.0. The first-order valence-corrected chi connectivity index (χ1v) is 6.46. The molecule has 0 fully saturated rings. The molecule has 0 saturated heterocycles. The van der Waals surface area contributed by atoms with Crippen LogP contribution in [0.15, 0.2) is 53.7 Å². The molecule has 0 radical (unpaired) electrons. The molecule has 1 aliphatic heterocycles. The minimum absolute atomic E-state index is 0. The normalized spacial score (nSPS) is 14.7. The lowest BCUT2D eigenvalue weighted by Gasteiger charge is -2.11. The number of aliphatic imine (C=N–C) groups is 1. The van der Waals surface area contributed by atoms with Crippen LogP contribution in [0.3, 0.4) is 0 Å². The van der Waals surface area contributed by atoms with Crippen molar-refractivity contribution in [3.8, 4) is 0 Å². The summed E-state index contributed by atoms with van der Waals surface area (Å²) in [5.74, 6) is 0.897. The molecule has 0 unspecified atom stereocenters. The Labute approximate surface area is 121 Å². The molecule has 2 aromatic carbocycles. The van der Waals surface area contributed by atoms with Gasteiger partial charge in [-0.3, -0.25) is 0 Å². The van der Waals surface area contributed by atoms with Gasteiger partial charge in [-0.25, -0.2) is 4.99 Å². The third kappa shape index (κ3) is 2.60. The summed E-state index contributed by atoms with van der Waals surface area (Å²) in [6, 6.07) is 14.9. The van der Waals surface area contributed by atoms with Gasteiger partial charge in [0.25, 0.3) is 0 Å². The highest BCUT2D eigenvalue weighted by atomic mass is 79.9. The minimum atomic E-state index is 0. The van der Waals surface area contributed by atoms with Crippen molar-refractivity contribution in [3.63, 3.8) is 0 Å². The molecule has 0 saturated carbocycles. The second kappa shape index (κ2) is 5.59. The Kier molecular flexibility index (Phi) is 4.09. The van der Waals surface area contributed by atoms with Crippen LogP contribution < -0.4 is 5.73 Å². The largest absolute Gasteiger partial charge is 0.378 e. The summed E-state index contributed by atoms with van der Waals surface area (Å²) in [6.45, 7) is 0. The van der Waals surface area contributed by atoms with Crippen LogP contribution in [0.25, 0.3) is 16.3 Å². The van der Waals surface area contributed by atoms with Crippen LogP contribution in [-0.4, -0.2) is 10.9 Å². The lowest BCUT2D eigenvalue weighted by molar-refractivity contribution is 1.48. The van der Waals surface area contributed by atoms with Gasteiger partial charge >= 0.3 is 0 Å². The van der Waals surface area contributed by atoms with Gasteiger partial charge in [0.2, 0.25) is 0 Å². The van der Waals surface area contributed by atoms with E-state index in [1.54, 1.807) is 11.8 Å². The molecular weight excluding hydrogens is 308 g/mol. The molecule has 0 atom stereocenters. The topological polar surface area (TPSA) is 38.4 Å². The number of amidine groups is 1. The van der Waals surface area contributed by atoms with E-state index < -0.39 is 0 Å². The molecule has 1 heterocycles. The van der Waals surface area contributed by atoms with E-state index in [1.165, 1.54) is 21.9 Å². The molecule has 18 heavy (non-hydrogen) atoms. The summed E-state index contributed by atoms with van der Waals surface area (Å²) < 4.78 is 0. The molecule has 0 spiro atoms. The van der Waals surface area contributed by atoms with E-state index in [0.29, 0.717) is 5.17 Å². The molecule has 0 amide bonds. The van der Waals surface area contributed by atoms with Crippen molar-refractivity contribution >= 4 is 50.3 Å². The summed E-state index contributed by atoms with van der Waals surface area (Å²) in [6.07, 6.45) is 1.87. The molecule has 2 aromatic rings. The van der Waals surface area contributed by atoms with E-state index in [2.05, 4.69) is 47.5 Å². The average molecular weight is 321 g/mol. The summed E-state index contributed by atoms with van der Waals surface area (Å²) in [7, 11) is 0. The van der Waals surface area contributed by atoms with Crippen molar-refractivity contribution in [2.75, 3.05) is 5.75 Å². The van der Waals surface area contributed by atoms with Crippen molar-refractivity contribution in [2.45, 2.75) is 0 Å². The first kappa shape index (κ1) is 13.2. The SMILES string of the molecule is Br.NC1=NC=C(c2ccc3ccccc3c2)CS1. The molecule has 2 N–H and O–H groups in total. The second-order valence-corrected chi connectivity index (χ2v) is 4.97. The Balaban J connectivity index is 0.00000120. The Morgan fingerprint density at radius 3 is 2.56 bits per heavy atom. The fourth-order valence-corrected chi connectivity index (χ4v) is 2.59.